The fraction of sp³-hybridized carbons (Fsp3) is 0.526. The number of hydrogen-bond acceptors (Lipinski definition) is 3. The van der Waals surface area contributed by atoms with Crippen molar-refractivity contribution in [2.24, 2.45) is 5.92 Å². The van der Waals surface area contributed by atoms with E-state index in [1.807, 2.05) is 25.1 Å². The summed E-state index contributed by atoms with van der Waals surface area (Å²) < 4.78 is 1.51. The number of amides is 1. The second kappa shape index (κ2) is 8.62. The Morgan fingerprint density at radius 2 is 1.96 bits per heavy atom. The molecule has 0 saturated carbocycles. The van der Waals surface area contributed by atoms with Crippen LogP contribution in [0.2, 0.25) is 0 Å². The summed E-state index contributed by atoms with van der Waals surface area (Å²) in [5, 5.41) is 3.59. The summed E-state index contributed by atoms with van der Waals surface area (Å²) in [7, 11) is 0. The largest absolute Gasteiger partial charge is 0.354 e. The van der Waals surface area contributed by atoms with Crippen LogP contribution in [0.1, 0.15) is 46.5 Å². The maximum Gasteiger partial charge on any atom is 0.261 e. The first-order valence-corrected chi connectivity index (χ1v) is 8.71. The van der Waals surface area contributed by atoms with Crippen molar-refractivity contribution in [1.29, 1.82) is 0 Å². The van der Waals surface area contributed by atoms with Gasteiger partial charge in [0, 0.05) is 19.0 Å². The van der Waals surface area contributed by atoms with Crippen molar-refractivity contribution in [3.63, 3.8) is 0 Å². The number of aromatic nitrogens is 2. The number of carbonyl (C=O) groups excluding carboxylic acids is 1. The Kier molecular flexibility index (Phi) is 6.53. The third kappa shape index (κ3) is 5.18. The molecule has 0 bridgehead atoms. The van der Waals surface area contributed by atoms with E-state index in [9.17, 15) is 9.59 Å². The fourth-order valence-electron chi connectivity index (χ4n) is 2.74. The Labute approximate surface area is 143 Å². The average molecular weight is 329 g/mol. The van der Waals surface area contributed by atoms with Crippen LogP contribution in [-0.4, -0.2) is 21.5 Å². The van der Waals surface area contributed by atoms with Crippen molar-refractivity contribution in [3.8, 4) is 0 Å². The number of fused-ring (bicyclic) bond motifs is 1. The predicted octanol–water partition coefficient (Wildman–Crippen LogP) is 3.12. The van der Waals surface area contributed by atoms with Crippen molar-refractivity contribution >= 4 is 16.8 Å². The van der Waals surface area contributed by atoms with Crippen LogP contribution in [0.4, 0.5) is 0 Å². The van der Waals surface area contributed by atoms with E-state index in [-0.39, 0.29) is 23.9 Å². The molecule has 0 spiro atoms. The molecule has 0 aliphatic rings. The van der Waals surface area contributed by atoms with Gasteiger partial charge in [-0.05, 0) is 31.4 Å². The zero-order chi connectivity index (χ0) is 17.5. The van der Waals surface area contributed by atoms with Gasteiger partial charge in [-0.2, -0.15) is 0 Å². The SMILES string of the molecule is CC(C)CCC[C@H](C)NC(=O)CCn1cnc2ccccc2c1=O. The number of benzene rings is 1. The molecule has 0 aliphatic heterocycles. The molecule has 1 aromatic heterocycles. The maximum atomic E-state index is 12.4. The third-order valence-corrected chi connectivity index (χ3v) is 4.14. The highest BCUT2D eigenvalue weighted by atomic mass is 16.2. The molecule has 0 unspecified atom stereocenters. The molecule has 0 saturated heterocycles. The van der Waals surface area contributed by atoms with Crippen LogP contribution in [0, 0.1) is 5.92 Å². The van der Waals surface area contributed by atoms with Crippen molar-refractivity contribution in [1.82, 2.24) is 14.9 Å². The number of nitrogens with zero attached hydrogens (tertiary/aromatic N) is 2. The molecule has 5 heteroatoms. The summed E-state index contributed by atoms with van der Waals surface area (Å²) in [6.45, 7) is 6.79. The van der Waals surface area contributed by atoms with Gasteiger partial charge in [-0.25, -0.2) is 4.98 Å². The van der Waals surface area contributed by atoms with Crippen LogP contribution < -0.4 is 10.9 Å². The molecule has 5 nitrogen and oxygen atoms in total. The van der Waals surface area contributed by atoms with Gasteiger partial charge in [0.15, 0.2) is 0 Å². The monoisotopic (exact) mass is 329 g/mol. The zero-order valence-corrected chi connectivity index (χ0v) is 14.8. The highest BCUT2D eigenvalue weighted by molar-refractivity contribution is 5.77. The Morgan fingerprint density at radius 3 is 2.71 bits per heavy atom. The molecule has 2 rings (SSSR count). The van der Waals surface area contributed by atoms with Gasteiger partial charge < -0.3 is 5.32 Å². The molecule has 1 N–H and O–H groups in total. The van der Waals surface area contributed by atoms with Gasteiger partial charge in [0.25, 0.3) is 5.56 Å². The van der Waals surface area contributed by atoms with Gasteiger partial charge in [-0.15, -0.1) is 0 Å². The van der Waals surface area contributed by atoms with E-state index < -0.39 is 0 Å². The number of rotatable bonds is 8. The number of carbonyl (C=O) groups is 1. The van der Waals surface area contributed by atoms with E-state index in [0.29, 0.717) is 23.4 Å². The van der Waals surface area contributed by atoms with Gasteiger partial charge in [-0.1, -0.05) is 38.8 Å². The standard InChI is InChI=1S/C19H27N3O2/c1-14(2)7-6-8-15(3)21-18(23)11-12-22-13-20-17-10-5-4-9-16(17)19(22)24/h4-5,9-10,13-15H,6-8,11-12H2,1-3H3,(H,21,23)/t15-/m0/s1. The van der Waals surface area contributed by atoms with E-state index in [1.165, 1.54) is 17.3 Å². The molecular weight excluding hydrogens is 302 g/mol. The molecule has 1 aromatic carbocycles. The van der Waals surface area contributed by atoms with Crippen molar-refractivity contribution in [2.45, 2.75) is 59.0 Å². The number of hydrogen-bond donors (Lipinski definition) is 1. The van der Waals surface area contributed by atoms with E-state index in [2.05, 4.69) is 24.1 Å². The minimum absolute atomic E-state index is 0.0212. The van der Waals surface area contributed by atoms with E-state index in [0.717, 1.165) is 12.8 Å². The lowest BCUT2D eigenvalue weighted by molar-refractivity contribution is -0.121. The van der Waals surface area contributed by atoms with Gasteiger partial charge in [0.1, 0.15) is 0 Å². The minimum atomic E-state index is -0.0987. The Bertz CT molecular complexity index is 737. The molecule has 130 valence electrons. The van der Waals surface area contributed by atoms with Gasteiger partial charge in [0.05, 0.1) is 17.2 Å². The Morgan fingerprint density at radius 1 is 1.21 bits per heavy atom. The lowest BCUT2D eigenvalue weighted by Gasteiger charge is -2.15. The number of para-hydroxylation sites is 1. The van der Waals surface area contributed by atoms with Gasteiger partial charge in [-0.3, -0.25) is 14.2 Å². The van der Waals surface area contributed by atoms with Crippen molar-refractivity contribution in [3.05, 3.63) is 40.9 Å². The molecule has 1 amide bonds. The molecule has 1 heterocycles. The van der Waals surface area contributed by atoms with Crippen LogP contribution in [0.3, 0.4) is 0 Å². The maximum absolute atomic E-state index is 12.4. The first kappa shape index (κ1) is 18.2. The average Bonchev–Trinajstić information content (AvgIpc) is 2.54. The smallest absolute Gasteiger partial charge is 0.261 e. The molecular formula is C19H27N3O2. The molecule has 24 heavy (non-hydrogen) atoms. The molecule has 0 aliphatic carbocycles. The summed E-state index contributed by atoms with van der Waals surface area (Å²) in [6.07, 6.45) is 5.09. The fourth-order valence-corrected chi connectivity index (χ4v) is 2.74. The summed E-state index contributed by atoms with van der Waals surface area (Å²) >= 11 is 0. The lowest BCUT2D eigenvalue weighted by Crippen LogP contribution is -2.34. The molecule has 2 aromatic rings. The van der Waals surface area contributed by atoms with Crippen molar-refractivity contribution < 1.29 is 4.79 Å². The van der Waals surface area contributed by atoms with Gasteiger partial charge in [0.2, 0.25) is 5.91 Å². The van der Waals surface area contributed by atoms with E-state index in [4.69, 9.17) is 0 Å². The Hall–Kier alpha value is -2.17. The molecule has 1 atom stereocenters. The summed E-state index contributed by atoms with van der Waals surface area (Å²) in [6, 6.07) is 7.42. The Balaban J connectivity index is 1.86. The quantitative estimate of drug-likeness (QED) is 0.809. The number of aryl methyl sites for hydroxylation is 1. The normalized spacial score (nSPS) is 12.5. The predicted molar refractivity (Wildman–Crippen MR) is 96.9 cm³/mol. The topological polar surface area (TPSA) is 64.0 Å². The summed E-state index contributed by atoms with van der Waals surface area (Å²) in [5.41, 5.74) is 0.584. The third-order valence-electron chi connectivity index (χ3n) is 4.14. The molecule has 0 fully saturated rings. The van der Waals surface area contributed by atoms with E-state index >= 15 is 0 Å². The van der Waals surface area contributed by atoms with Crippen LogP contribution >= 0.6 is 0 Å². The molecule has 0 radical (unpaired) electrons. The highest BCUT2D eigenvalue weighted by Crippen LogP contribution is 2.08. The van der Waals surface area contributed by atoms with Crippen LogP contribution in [-0.2, 0) is 11.3 Å². The highest BCUT2D eigenvalue weighted by Gasteiger charge is 2.09. The first-order chi connectivity index (χ1) is 11.5. The second-order valence-corrected chi connectivity index (χ2v) is 6.80. The van der Waals surface area contributed by atoms with Crippen LogP contribution in [0.25, 0.3) is 10.9 Å². The van der Waals surface area contributed by atoms with Crippen LogP contribution in [0.5, 0.6) is 0 Å². The second-order valence-electron chi connectivity index (χ2n) is 6.80. The van der Waals surface area contributed by atoms with Crippen molar-refractivity contribution in [2.75, 3.05) is 0 Å². The van der Waals surface area contributed by atoms with Gasteiger partial charge >= 0.3 is 0 Å². The minimum Gasteiger partial charge on any atom is -0.354 e. The van der Waals surface area contributed by atoms with E-state index in [1.54, 1.807) is 6.07 Å². The zero-order valence-electron chi connectivity index (χ0n) is 14.8. The first-order valence-electron chi connectivity index (χ1n) is 8.71. The van der Waals surface area contributed by atoms with Crippen LogP contribution in [0.15, 0.2) is 35.4 Å². The summed E-state index contributed by atoms with van der Waals surface area (Å²) in [4.78, 5) is 28.7. The lowest BCUT2D eigenvalue weighted by atomic mass is 10.0. The number of nitrogens with one attached hydrogen (secondary N) is 1. The summed E-state index contributed by atoms with van der Waals surface area (Å²) in [5.74, 6) is 0.673.